The fraction of sp³-hybridized carbons (Fsp3) is 0.444. The van der Waals surface area contributed by atoms with Gasteiger partial charge in [0, 0.05) is 24.8 Å². The second kappa shape index (κ2) is 5.50. The predicted molar refractivity (Wildman–Crippen MR) is 47.4 cm³/mol. The minimum absolute atomic E-state index is 0.0586. The summed E-state index contributed by atoms with van der Waals surface area (Å²) < 4.78 is 5.29. The van der Waals surface area contributed by atoms with Crippen molar-refractivity contribution in [3.63, 3.8) is 0 Å². The molecular formula is C9H13NO3. The van der Waals surface area contributed by atoms with E-state index in [0.29, 0.717) is 24.3 Å². The highest BCUT2D eigenvalue weighted by Crippen LogP contribution is 2.15. The third kappa shape index (κ3) is 3.01. The van der Waals surface area contributed by atoms with Gasteiger partial charge in [-0.05, 0) is 6.07 Å². The van der Waals surface area contributed by atoms with Gasteiger partial charge in [-0.25, -0.2) is 0 Å². The maximum absolute atomic E-state index is 8.92. The van der Waals surface area contributed by atoms with Crippen LogP contribution in [-0.4, -0.2) is 28.4 Å². The molecule has 72 valence electrons. The normalized spacial score (nSPS) is 10.0. The summed E-state index contributed by atoms with van der Waals surface area (Å²) in [5, 5.41) is 17.4. The first kappa shape index (κ1) is 9.95. The highest BCUT2D eigenvalue weighted by atomic mass is 16.5. The average Bonchev–Trinajstić information content (AvgIpc) is 2.19. The van der Waals surface area contributed by atoms with Crippen molar-refractivity contribution in [2.45, 2.75) is 13.0 Å². The van der Waals surface area contributed by atoms with E-state index in [-0.39, 0.29) is 13.2 Å². The Morgan fingerprint density at radius 2 is 2.23 bits per heavy atom. The summed E-state index contributed by atoms with van der Waals surface area (Å²) in [4.78, 5) is 3.87. The highest BCUT2D eigenvalue weighted by Gasteiger charge is 2.00. The van der Waals surface area contributed by atoms with Crippen LogP contribution in [0.1, 0.15) is 12.0 Å². The number of hydrogen-bond donors (Lipinski definition) is 2. The van der Waals surface area contributed by atoms with Gasteiger partial charge >= 0.3 is 0 Å². The van der Waals surface area contributed by atoms with Crippen molar-refractivity contribution in [1.82, 2.24) is 4.98 Å². The Morgan fingerprint density at radius 1 is 1.38 bits per heavy atom. The largest absolute Gasteiger partial charge is 0.492 e. The van der Waals surface area contributed by atoms with Crippen LogP contribution < -0.4 is 4.74 Å². The molecule has 0 unspecified atom stereocenters. The minimum atomic E-state index is -0.0586. The molecule has 1 aromatic rings. The van der Waals surface area contributed by atoms with Gasteiger partial charge < -0.3 is 14.9 Å². The van der Waals surface area contributed by atoms with Crippen LogP contribution in [0.25, 0.3) is 0 Å². The first-order chi connectivity index (χ1) is 6.38. The Morgan fingerprint density at radius 3 is 2.92 bits per heavy atom. The quantitative estimate of drug-likeness (QED) is 0.646. The van der Waals surface area contributed by atoms with E-state index < -0.39 is 0 Å². The van der Waals surface area contributed by atoms with Crippen LogP contribution >= 0.6 is 0 Å². The molecule has 0 atom stereocenters. The number of aliphatic hydroxyl groups is 2. The fourth-order valence-corrected chi connectivity index (χ4v) is 0.916. The van der Waals surface area contributed by atoms with Crippen LogP contribution in [0.4, 0.5) is 0 Å². The smallest absolute Gasteiger partial charge is 0.143 e. The Kier molecular flexibility index (Phi) is 4.21. The maximum Gasteiger partial charge on any atom is 0.143 e. The molecule has 0 aliphatic rings. The number of pyridine rings is 1. The molecule has 1 aromatic heterocycles. The summed E-state index contributed by atoms with van der Waals surface area (Å²) >= 11 is 0. The molecular weight excluding hydrogens is 170 g/mol. The second-order valence-electron chi connectivity index (χ2n) is 2.57. The Bertz CT molecular complexity index is 252. The highest BCUT2D eigenvalue weighted by molar-refractivity contribution is 5.28. The van der Waals surface area contributed by atoms with Gasteiger partial charge in [0.1, 0.15) is 5.75 Å². The van der Waals surface area contributed by atoms with E-state index in [1.165, 1.54) is 0 Å². The number of aliphatic hydroxyl groups excluding tert-OH is 2. The molecule has 0 amide bonds. The van der Waals surface area contributed by atoms with Gasteiger partial charge in [0.2, 0.25) is 0 Å². The summed E-state index contributed by atoms with van der Waals surface area (Å²) in [6, 6.07) is 1.70. The van der Waals surface area contributed by atoms with Gasteiger partial charge in [0.15, 0.2) is 0 Å². The molecule has 0 aliphatic carbocycles. The third-order valence-electron chi connectivity index (χ3n) is 1.60. The van der Waals surface area contributed by atoms with E-state index in [0.717, 1.165) is 0 Å². The van der Waals surface area contributed by atoms with Crippen LogP contribution in [0, 0.1) is 0 Å². The van der Waals surface area contributed by atoms with Crippen molar-refractivity contribution in [1.29, 1.82) is 0 Å². The van der Waals surface area contributed by atoms with Gasteiger partial charge in [-0.15, -0.1) is 0 Å². The van der Waals surface area contributed by atoms with Crippen molar-refractivity contribution in [2.75, 3.05) is 13.2 Å². The van der Waals surface area contributed by atoms with Gasteiger partial charge in [0.25, 0.3) is 0 Å². The number of ether oxygens (including phenoxy) is 1. The zero-order valence-electron chi connectivity index (χ0n) is 7.31. The van der Waals surface area contributed by atoms with Gasteiger partial charge in [-0.3, -0.25) is 4.98 Å². The molecule has 0 spiro atoms. The molecule has 0 radical (unpaired) electrons. The van der Waals surface area contributed by atoms with Crippen LogP contribution in [0.2, 0.25) is 0 Å². The van der Waals surface area contributed by atoms with Gasteiger partial charge in [-0.2, -0.15) is 0 Å². The summed E-state index contributed by atoms with van der Waals surface area (Å²) in [7, 11) is 0. The molecule has 1 rings (SSSR count). The van der Waals surface area contributed by atoms with E-state index in [1.807, 2.05) is 0 Å². The van der Waals surface area contributed by atoms with Crippen molar-refractivity contribution in [3.05, 3.63) is 24.0 Å². The SMILES string of the molecule is OCCCOc1cnccc1CO. The summed E-state index contributed by atoms with van der Waals surface area (Å²) in [6.07, 6.45) is 3.74. The molecule has 0 aliphatic heterocycles. The topological polar surface area (TPSA) is 62.6 Å². The molecule has 13 heavy (non-hydrogen) atoms. The van der Waals surface area contributed by atoms with Crippen molar-refractivity contribution in [3.8, 4) is 5.75 Å². The third-order valence-corrected chi connectivity index (χ3v) is 1.60. The molecule has 4 nitrogen and oxygen atoms in total. The number of rotatable bonds is 5. The second-order valence-corrected chi connectivity index (χ2v) is 2.57. The van der Waals surface area contributed by atoms with Crippen LogP contribution in [-0.2, 0) is 6.61 Å². The summed E-state index contributed by atoms with van der Waals surface area (Å²) in [5.74, 6) is 0.582. The monoisotopic (exact) mass is 183 g/mol. The molecule has 1 heterocycles. The van der Waals surface area contributed by atoms with E-state index in [1.54, 1.807) is 18.5 Å². The maximum atomic E-state index is 8.92. The molecule has 0 fully saturated rings. The standard InChI is InChI=1S/C9H13NO3/c11-4-1-5-13-9-6-10-3-2-8(9)7-12/h2-3,6,11-12H,1,4-5,7H2. The van der Waals surface area contributed by atoms with E-state index in [2.05, 4.69) is 4.98 Å². The van der Waals surface area contributed by atoms with Crippen LogP contribution in [0.5, 0.6) is 5.75 Å². The van der Waals surface area contributed by atoms with Crippen LogP contribution in [0.15, 0.2) is 18.5 Å². The lowest BCUT2D eigenvalue weighted by molar-refractivity contribution is 0.225. The lowest BCUT2D eigenvalue weighted by Gasteiger charge is -2.07. The zero-order chi connectivity index (χ0) is 9.52. The van der Waals surface area contributed by atoms with E-state index in [4.69, 9.17) is 14.9 Å². The number of nitrogens with zero attached hydrogens (tertiary/aromatic N) is 1. The fourth-order valence-electron chi connectivity index (χ4n) is 0.916. The van der Waals surface area contributed by atoms with E-state index in [9.17, 15) is 0 Å². The zero-order valence-corrected chi connectivity index (χ0v) is 7.31. The Balaban J connectivity index is 2.54. The van der Waals surface area contributed by atoms with Gasteiger partial charge in [0.05, 0.1) is 19.4 Å². The van der Waals surface area contributed by atoms with Crippen molar-refractivity contribution < 1.29 is 14.9 Å². The minimum Gasteiger partial charge on any atom is -0.492 e. The first-order valence-electron chi connectivity index (χ1n) is 4.16. The number of aromatic nitrogens is 1. The van der Waals surface area contributed by atoms with Crippen LogP contribution in [0.3, 0.4) is 0 Å². The molecule has 0 saturated heterocycles. The van der Waals surface area contributed by atoms with E-state index >= 15 is 0 Å². The van der Waals surface area contributed by atoms with Crippen molar-refractivity contribution >= 4 is 0 Å². The number of hydrogen-bond acceptors (Lipinski definition) is 4. The molecule has 0 aromatic carbocycles. The Labute approximate surface area is 76.8 Å². The molecule has 2 N–H and O–H groups in total. The summed E-state index contributed by atoms with van der Waals surface area (Å²) in [6.45, 7) is 0.487. The van der Waals surface area contributed by atoms with Crippen molar-refractivity contribution in [2.24, 2.45) is 0 Å². The Hall–Kier alpha value is -1.13. The molecule has 4 heteroatoms. The lowest BCUT2D eigenvalue weighted by Crippen LogP contribution is -2.02. The molecule has 0 bridgehead atoms. The predicted octanol–water partition coefficient (Wildman–Crippen LogP) is 0.335. The summed E-state index contributed by atoms with van der Waals surface area (Å²) in [5.41, 5.74) is 0.716. The first-order valence-corrected chi connectivity index (χ1v) is 4.16. The molecule has 0 saturated carbocycles. The lowest BCUT2D eigenvalue weighted by atomic mass is 10.2. The van der Waals surface area contributed by atoms with Gasteiger partial charge in [-0.1, -0.05) is 0 Å². The average molecular weight is 183 g/mol.